The smallest absolute Gasteiger partial charge is 0.0916 e. The van der Waals surface area contributed by atoms with Crippen molar-refractivity contribution in [3.05, 3.63) is 10.6 Å². The summed E-state index contributed by atoms with van der Waals surface area (Å²) in [6, 6.07) is 0. The Morgan fingerprint density at radius 3 is 2.60 bits per heavy atom. The minimum absolute atomic E-state index is 0.403. The molecule has 0 radical (unpaired) electrons. The highest BCUT2D eigenvalue weighted by Gasteiger charge is 2.76. The molecule has 0 N–H and O–H groups in total. The normalized spacial score (nSPS) is 61.0. The molecule has 5 atom stereocenters. The van der Waals surface area contributed by atoms with Gasteiger partial charge in [-0.1, -0.05) is 22.0 Å². The molecule has 2 bridgehead atoms. The van der Waals surface area contributed by atoms with E-state index in [9.17, 15) is 0 Å². The van der Waals surface area contributed by atoms with Crippen LogP contribution in [0.5, 0.6) is 0 Å². The van der Waals surface area contributed by atoms with Crippen LogP contribution < -0.4 is 0 Å². The highest BCUT2D eigenvalue weighted by molar-refractivity contribution is 9.11. The number of fused-ring (bicyclic) bond motifs is 1. The fraction of sp³-hybridized carbons (Fsp3) is 0.750. The van der Waals surface area contributed by atoms with Gasteiger partial charge in [0.2, 0.25) is 0 Å². The fourth-order valence-corrected chi connectivity index (χ4v) is 3.29. The highest BCUT2D eigenvalue weighted by atomic mass is 79.9. The Labute approximate surface area is 68.6 Å². The lowest BCUT2D eigenvalue weighted by molar-refractivity contribution is 0.0913. The first-order chi connectivity index (χ1) is 4.84. The number of hydrogen-bond acceptors (Lipinski definition) is 1. The number of ether oxygens (including phenoxy) is 1. The van der Waals surface area contributed by atoms with Gasteiger partial charge in [0, 0.05) is 11.6 Å². The van der Waals surface area contributed by atoms with E-state index < -0.39 is 0 Å². The second kappa shape index (κ2) is 1.51. The Balaban J connectivity index is 1.94. The van der Waals surface area contributed by atoms with Crippen molar-refractivity contribution in [2.24, 2.45) is 23.7 Å². The standard InChI is InChI=1S/C8H9BrO/c1-10-8-4(9)2-3-5-6(3)7(5)8/h2-3,5-8H,1H3/t3?,5-,6?,7?,8+/m1/s1. The van der Waals surface area contributed by atoms with E-state index >= 15 is 0 Å². The lowest BCUT2D eigenvalue weighted by atomic mass is 9.93. The van der Waals surface area contributed by atoms with Crippen LogP contribution in [0.2, 0.25) is 0 Å². The number of methoxy groups -OCH3 is 1. The van der Waals surface area contributed by atoms with Gasteiger partial charge < -0.3 is 4.74 Å². The fourth-order valence-electron chi connectivity index (χ4n) is 2.50. The van der Waals surface area contributed by atoms with E-state index in [2.05, 4.69) is 22.0 Å². The molecule has 10 heavy (non-hydrogen) atoms. The summed E-state index contributed by atoms with van der Waals surface area (Å²) in [7, 11) is 1.80. The number of hydrogen-bond donors (Lipinski definition) is 0. The predicted octanol–water partition coefficient (Wildman–Crippen LogP) is 1.79. The quantitative estimate of drug-likeness (QED) is 0.628. The third-order valence-electron chi connectivity index (χ3n) is 3.17. The molecule has 2 heteroatoms. The molecular weight excluding hydrogens is 192 g/mol. The minimum atomic E-state index is 0.403. The summed E-state index contributed by atoms with van der Waals surface area (Å²) >= 11 is 3.54. The van der Waals surface area contributed by atoms with Gasteiger partial charge >= 0.3 is 0 Å². The van der Waals surface area contributed by atoms with Gasteiger partial charge in [-0.3, -0.25) is 0 Å². The zero-order valence-electron chi connectivity index (χ0n) is 5.75. The van der Waals surface area contributed by atoms with E-state index in [-0.39, 0.29) is 0 Å². The van der Waals surface area contributed by atoms with Crippen LogP contribution in [0.4, 0.5) is 0 Å². The Kier molecular flexibility index (Phi) is 0.872. The van der Waals surface area contributed by atoms with Crippen LogP contribution in [0, 0.1) is 23.7 Å². The first kappa shape index (κ1) is 5.78. The first-order valence-corrected chi connectivity index (χ1v) is 4.54. The maximum atomic E-state index is 5.36. The summed E-state index contributed by atoms with van der Waals surface area (Å²) in [5.74, 6) is 3.86. The van der Waals surface area contributed by atoms with Crippen LogP contribution in [0.1, 0.15) is 0 Å². The van der Waals surface area contributed by atoms with Crippen molar-refractivity contribution < 1.29 is 4.74 Å². The summed E-state index contributed by atoms with van der Waals surface area (Å²) in [5, 5.41) is 0. The molecule has 0 spiro atoms. The monoisotopic (exact) mass is 200 g/mol. The van der Waals surface area contributed by atoms with E-state index in [1.165, 1.54) is 4.48 Å². The van der Waals surface area contributed by atoms with Crippen molar-refractivity contribution in [3.8, 4) is 0 Å². The van der Waals surface area contributed by atoms with Crippen LogP contribution in [-0.4, -0.2) is 13.2 Å². The third kappa shape index (κ3) is 0.463. The van der Waals surface area contributed by atoms with Gasteiger partial charge in [0.25, 0.3) is 0 Å². The average Bonchev–Trinajstić information content (AvgIpc) is 2.76. The molecule has 4 rings (SSSR count). The Hall–Kier alpha value is 0.180. The van der Waals surface area contributed by atoms with Gasteiger partial charge in [-0.25, -0.2) is 0 Å². The van der Waals surface area contributed by atoms with Crippen LogP contribution in [0.15, 0.2) is 10.6 Å². The molecule has 0 heterocycles. The SMILES string of the molecule is CO[C@H]1C(Br)=CC2C3C1[C@H]23. The van der Waals surface area contributed by atoms with Gasteiger partial charge in [-0.2, -0.15) is 0 Å². The molecule has 4 aliphatic rings. The van der Waals surface area contributed by atoms with Crippen molar-refractivity contribution in [1.82, 2.24) is 0 Å². The number of allylic oxidation sites excluding steroid dienone is 1. The maximum Gasteiger partial charge on any atom is 0.0916 e. The van der Waals surface area contributed by atoms with Gasteiger partial charge in [-0.15, -0.1) is 0 Å². The third-order valence-corrected chi connectivity index (χ3v) is 3.88. The van der Waals surface area contributed by atoms with Crippen molar-refractivity contribution in [3.63, 3.8) is 0 Å². The zero-order valence-corrected chi connectivity index (χ0v) is 7.34. The largest absolute Gasteiger partial charge is 0.376 e. The van der Waals surface area contributed by atoms with Crippen LogP contribution in [0.25, 0.3) is 0 Å². The maximum absolute atomic E-state index is 5.36. The zero-order chi connectivity index (χ0) is 6.88. The Morgan fingerprint density at radius 1 is 1.40 bits per heavy atom. The van der Waals surface area contributed by atoms with Gasteiger partial charge in [0.1, 0.15) is 0 Å². The van der Waals surface area contributed by atoms with Crippen LogP contribution >= 0.6 is 15.9 Å². The molecular formula is C8H9BrO. The highest BCUT2D eigenvalue weighted by Crippen LogP contribution is 2.78. The van der Waals surface area contributed by atoms with E-state index in [1.54, 1.807) is 7.11 Å². The Bertz CT molecular complexity index is 213. The number of rotatable bonds is 1. The molecule has 0 saturated heterocycles. The van der Waals surface area contributed by atoms with E-state index in [4.69, 9.17) is 4.74 Å². The van der Waals surface area contributed by atoms with Crippen molar-refractivity contribution in [1.29, 1.82) is 0 Å². The molecule has 0 aliphatic heterocycles. The molecule has 0 aromatic carbocycles. The molecule has 1 nitrogen and oxygen atoms in total. The van der Waals surface area contributed by atoms with Crippen LogP contribution in [0.3, 0.4) is 0 Å². The molecule has 2 saturated carbocycles. The van der Waals surface area contributed by atoms with Gasteiger partial charge in [0.05, 0.1) is 6.10 Å². The van der Waals surface area contributed by atoms with Gasteiger partial charge in [0.15, 0.2) is 0 Å². The molecule has 4 aliphatic carbocycles. The number of halogens is 1. The lowest BCUT2D eigenvalue weighted by Crippen LogP contribution is -2.25. The summed E-state index contributed by atoms with van der Waals surface area (Å²) in [5.41, 5.74) is 0. The lowest BCUT2D eigenvalue weighted by Gasteiger charge is -2.25. The topological polar surface area (TPSA) is 9.23 Å². The molecule has 3 unspecified atom stereocenters. The second-order valence-corrected chi connectivity index (χ2v) is 4.43. The van der Waals surface area contributed by atoms with Crippen molar-refractivity contribution in [2.45, 2.75) is 6.10 Å². The summed E-state index contributed by atoms with van der Waals surface area (Å²) in [6.07, 6.45) is 2.74. The van der Waals surface area contributed by atoms with E-state index in [0.29, 0.717) is 6.10 Å². The average molecular weight is 201 g/mol. The first-order valence-electron chi connectivity index (χ1n) is 3.74. The van der Waals surface area contributed by atoms with Gasteiger partial charge in [-0.05, 0) is 23.7 Å². The molecule has 0 amide bonds. The molecule has 2 fully saturated rings. The second-order valence-electron chi connectivity index (χ2n) is 3.52. The summed E-state index contributed by atoms with van der Waals surface area (Å²) in [4.78, 5) is 0. The predicted molar refractivity (Wildman–Crippen MR) is 41.8 cm³/mol. The minimum Gasteiger partial charge on any atom is -0.376 e. The van der Waals surface area contributed by atoms with E-state index in [1.807, 2.05) is 0 Å². The molecule has 0 aromatic heterocycles. The molecule has 54 valence electrons. The molecule has 0 aromatic rings. The van der Waals surface area contributed by atoms with E-state index in [0.717, 1.165) is 23.7 Å². The van der Waals surface area contributed by atoms with Crippen molar-refractivity contribution >= 4 is 15.9 Å². The summed E-state index contributed by atoms with van der Waals surface area (Å²) in [6.45, 7) is 0. The van der Waals surface area contributed by atoms with Crippen LogP contribution in [-0.2, 0) is 4.74 Å². The summed E-state index contributed by atoms with van der Waals surface area (Å²) < 4.78 is 6.65. The Morgan fingerprint density at radius 2 is 2.10 bits per heavy atom. The van der Waals surface area contributed by atoms with Crippen molar-refractivity contribution in [2.75, 3.05) is 7.11 Å².